The highest BCUT2D eigenvalue weighted by atomic mass is 32.2. The molecule has 28 heavy (non-hydrogen) atoms. The zero-order valence-electron chi connectivity index (χ0n) is 15.4. The number of ether oxygens (including phenoxy) is 1. The van der Waals surface area contributed by atoms with Gasteiger partial charge in [-0.1, -0.05) is 6.07 Å². The highest BCUT2D eigenvalue weighted by Gasteiger charge is 2.32. The van der Waals surface area contributed by atoms with Crippen molar-refractivity contribution in [3.63, 3.8) is 0 Å². The molecule has 2 atom stereocenters. The molecule has 3 rings (SSSR count). The maximum absolute atomic E-state index is 13.7. The monoisotopic (exact) mass is 410 g/mol. The Bertz CT molecular complexity index is 987. The largest absolute Gasteiger partial charge is 0.373 e. The summed E-state index contributed by atoms with van der Waals surface area (Å²) in [5.41, 5.74) is -0.312. The van der Waals surface area contributed by atoms with Crippen LogP contribution >= 0.6 is 0 Å². The first-order valence-corrected chi connectivity index (χ1v) is 10.1. The molecule has 2 aromatic rings. The van der Waals surface area contributed by atoms with Crippen molar-refractivity contribution in [1.29, 1.82) is 0 Å². The van der Waals surface area contributed by atoms with Crippen molar-refractivity contribution >= 4 is 21.6 Å². The number of carbonyl (C=O) groups excluding carboxylic acids is 1. The number of hydrogen-bond donors (Lipinski definition) is 1. The average molecular weight is 410 g/mol. The molecular weight excluding hydrogens is 390 g/mol. The fourth-order valence-electron chi connectivity index (χ4n) is 3.06. The van der Waals surface area contributed by atoms with Crippen LogP contribution in [0.2, 0.25) is 0 Å². The first kappa shape index (κ1) is 20.4. The summed E-state index contributed by atoms with van der Waals surface area (Å²) in [6.07, 6.45) is -0.498. The Morgan fingerprint density at radius 1 is 1.11 bits per heavy atom. The van der Waals surface area contributed by atoms with E-state index in [1.54, 1.807) is 13.8 Å². The van der Waals surface area contributed by atoms with Crippen molar-refractivity contribution in [3.8, 4) is 0 Å². The minimum atomic E-state index is -3.83. The minimum absolute atomic E-state index is 0.0130. The van der Waals surface area contributed by atoms with Crippen molar-refractivity contribution in [2.24, 2.45) is 0 Å². The van der Waals surface area contributed by atoms with Crippen LogP contribution in [-0.2, 0) is 14.8 Å². The second kappa shape index (κ2) is 7.94. The second-order valence-electron chi connectivity index (χ2n) is 6.69. The average Bonchev–Trinajstić information content (AvgIpc) is 2.64. The van der Waals surface area contributed by atoms with Crippen LogP contribution in [-0.4, -0.2) is 43.9 Å². The van der Waals surface area contributed by atoms with Crippen LogP contribution in [0.1, 0.15) is 24.2 Å². The first-order chi connectivity index (χ1) is 13.2. The van der Waals surface area contributed by atoms with Crippen LogP contribution in [0.4, 0.5) is 14.5 Å². The van der Waals surface area contributed by atoms with E-state index >= 15 is 0 Å². The third kappa shape index (κ3) is 4.37. The molecule has 6 nitrogen and oxygen atoms in total. The van der Waals surface area contributed by atoms with Crippen molar-refractivity contribution in [3.05, 3.63) is 59.7 Å². The molecular formula is C19H20F2N2O4S. The van der Waals surface area contributed by atoms with Crippen LogP contribution in [0.3, 0.4) is 0 Å². The summed E-state index contributed by atoms with van der Waals surface area (Å²) in [5.74, 6) is -2.25. The van der Waals surface area contributed by atoms with Gasteiger partial charge >= 0.3 is 0 Å². The van der Waals surface area contributed by atoms with Crippen molar-refractivity contribution in [1.82, 2.24) is 4.31 Å². The Hall–Kier alpha value is -2.36. The lowest BCUT2D eigenvalue weighted by Gasteiger charge is -2.34. The number of morpholine rings is 1. The molecule has 0 aromatic heterocycles. The lowest BCUT2D eigenvalue weighted by Crippen LogP contribution is -2.48. The minimum Gasteiger partial charge on any atom is -0.373 e. The zero-order valence-corrected chi connectivity index (χ0v) is 16.2. The number of halogens is 2. The van der Waals surface area contributed by atoms with Crippen LogP contribution < -0.4 is 5.32 Å². The van der Waals surface area contributed by atoms with Gasteiger partial charge in [0.2, 0.25) is 10.0 Å². The van der Waals surface area contributed by atoms with E-state index in [1.807, 2.05) is 0 Å². The Morgan fingerprint density at radius 2 is 1.79 bits per heavy atom. The van der Waals surface area contributed by atoms with E-state index in [1.165, 1.54) is 28.6 Å². The first-order valence-electron chi connectivity index (χ1n) is 8.69. The molecule has 9 heteroatoms. The molecule has 1 aliphatic rings. The van der Waals surface area contributed by atoms with Crippen LogP contribution in [0.15, 0.2) is 47.4 Å². The van der Waals surface area contributed by atoms with Crippen LogP contribution in [0.25, 0.3) is 0 Å². The smallest absolute Gasteiger partial charge is 0.255 e. The number of carbonyl (C=O) groups is 1. The Balaban J connectivity index is 1.85. The van der Waals surface area contributed by atoms with Gasteiger partial charge in [0.15, 0.2) is 0 Å². The van der Waals surface area contributed by atoms with Gasteiger partial charge in [-0.05, 0) is 44.2 Å². The van der Waals surface area contributed by atoms with Gasteiger partial charge in [0.1, 0.15) is 11.6 Å². The summed E-state index contributed by atoms with van der Waals surface area (Å²) >= 11 is 0. The molecule has 1 aliphatic heterocycles. The van der Waals surface area contributed by atoms with E-state index in [4.69, 9.17) is 4.74 Å². The Labute approximate surface area is 162 Å². The molecule has 1 fully saturated rings. The highest BCUT2D eigenvalue weighted by molar-refractivity contribution is 7.89. The lowest BCUT2D eigenvalue weighted by molar-refractivity contribution is -0.0440. The van der Waals surface area contributed by atoms with Gasteiger partial charge in [-0.25, -0.2) is 17.2 Å². The molecule has 0 radical (unpaired) electrons. The number of hydrogen-bond acceptors (Lipinski definition) is 4. The fourth-order valence-corrected chi connectivity index (χ4v) is 4.70. The van der Waals surface area contributed by atoms with Crippen LogP contribution in [0.5, 0.6) is 0 Å². The lowest BCUT2D eigenvalue weighted by atomic mass is 10.2. The van der Waals surface area contributed by atoms with Gasteiger partial charge in [0.25, 0.3) is 5.91 Å². The number of nitrogens with zero attached hydrogens (tertiary/aromatic N) is 1. The number of amides is 1. The van der Waals surface area contributed by atoms with E-state index < -0.39 is 27.6 Å². The van der Waals surface area contributed by atoms with E-state index in [0.717, 1.165) is 18.2 Å². The molecule has 1 saturated heterocycles. The molecule has 1 amide bonds. The summed E-state index contributed by atoms with van der Waals surface area (Å²) in [7, 11) is -3.83. The SMILES string of the molecule is CC1CN(S(=O)(=O)c2cccc(C(=O)Nc3cc(F)ccc3F)c2)CC(C)O1. The summed E-state index contributed by atoms with van der Waals surface area (Å²) < 4.78 is 59.8. The predicted molar refractivity (Wildman–Crippen MR) is 99.5 cm³/mol. The number of benzene rings is 2. The summed E-state index contributed by atoms with van der Waals surface area (Å²) in [6, 6.07) is 8.11. The summed E-state index contributed by atoms with van der Waals surface area (Å²) in [6.45, 7) is 3.99. The molecule has 1 heterocycles. The van der Waals surface area contributed by atoms with Gasteiger partial charge in [-0.2, -0.15) is 4.31 Å². The number of rotatable bonds is 4. The molecule has 0 bridgehead atoms. The normalized spacial score (nSPS) is 20.7. The summed E-state index contributed by atoms with van der Waals surface area (Å²) in [4.78, 5) is 12.4. The van der Waals surface area contributed by atoms with E-state index in [2.05, 4.69) is 5.32 Å². The molecule has 0 aliphatic carbocycles. The number of anilines is 1. The number of sulfonamides is 1. The Morgan fingerprint density at radius 3 is 2.46 bits per heavy atom. The van der Waals surface area contributed by atoms with E-state index in [0.29, 0.717) is 0 Å². The predicted octanol–water partition coefficient (Wildman–Crippen LogP) is 3.02. The van der Waals surface area contributed by atoms with Crippen molar-refractivity contribution in [2.45, 2.75) is 31.0 Å². The molecule has 150 valence electrons. The van der Waals surface area contributed by atoms with E-state index in [-0.39, 0.29) is 41.4 Å². The third-order valence-electron chi connectivity index (χ3n) is 4.30. The van der Waals surface area contributed by atoms with Crippen molar-refractivity contribution < 1.29 is 26.7 Å². The van der Waals surface area contributed by atoms with Gasteiger partial charge in [-0.15, -0.1) is 0 Å². The zero-order chi connectivity index (χ0) is 20.5. The molecule has 0 spiro atoms. The van der Waals surface area contributed by atoms with Gasteiger partial charge in [0, 0.05) is 24.7 Å². The van der Waals surface area contributed by atoms with E-state index in [9.17, 15) is 22.0 Å². The maximum atomic E-state index is 13.7. The fraction of sp³-hybridized carbons (Fsp3) is 0.316. The van der Waals surface area contributed by atoms with Gasteiger partial charge < -0.3 is 10.1 Å². The molecule has 0 saturated carbocycles. The molecule has 2 aromatic carbocycles. The maximum Gasteiger partial charge on any atom is 0.255 e. The van der Waals surface area contributed by atoms with Crippen LogP contribution in [0, 0.1) is 11.6 Å². The topological polar surface area (TPSA) is 75.7 Å². The summed E-state index contributed by atoms with van der Waals surface area (Å²) in [5, 5.41) is 2.26. The molecule has 1 N–H and O–H groups in total. The standard InChI is InChI=1S/C19H20F2N2O4S/c1-12-10-23(11-13(2)27-12)28(25,26)16-5-3-4-14(8-16)19(24)22-18-9-15(20)6-7-17(18)21/h3-9,12-13H,10-11H2,1-2H3,(H,22,24). The Kier molecular flexibility index (Phi) is 5.78. The molecule has 2 unspecified atom stereocenters. The van der Waals surface area contributed by atoms with Gasteiger partial charge in [-0.3, -0.25) is 4.79 Å². The highest BCUT2D eigenvalue weighted by Crippen LogP contribution is 2.23. The van der Waals surface area contributed by atoms with Gasteiger partial charge in [0.05, 0.1) is 22.8 Å². The third-order valence-corrected chi connectivity index (χ3v) is 6.12. The quantitative estimate of drug-likeness (QED) is 0.841. The number of nitrogens with one attached hydrogen (secondary N) is 1. The van der Waals surface area contributed by atoms with Crippen molar-refractivity contribution in [2.75, 3.05) is 18.4 Å². The second-order valence-corrected chi connectivity index (χ2v) is 8.62.